The van der Waals surface area contributed by atoms with Gasteiger partial charge in [0.2, 0.25) is 5.91 Å². The third-order valence-electron chi connectivity index (χ3n) is 4.09. The standard InChI is InChI=1S/C21H19ClN2O4/c1-3-14-6-4-7-16(10-14)23-19(25)13-24(2)21(26)15-11-17(22)20-18(12-15)27-8-5-9-28-20/h1,4,6-7,10-12H,5,8-9,13H2,2H3,(H,23,25). The fourth-order valence-electron chi connectivity index (χ4n) is 2.75. The Morgan fingerprint density at radius 3 is 2.82 bits per heavy atom. The molecule has 28 heavy (non-hydrogen) atoms. The summed E-state index contributed by atoms with van der Waals surface area (Å²) < 4.78 is 11.2. The molecular formula is C21H19ClN2O4. The van der Waals surface area contributed by atoms with Crippen LogP contribution in [0.2, 0.25) is 5.02 Å². The van der Waals surface area contributed by atoms with Gasteiger partial charge in [-0.2, -0.15) is 0 Å². The van der Waals surface area contributed by atoms with Crippen LogP contribution >= 0.6 is 11.6 Å². The minimum atomic E-state index is -0.356. The highest BCUT2D eigenvalue weighted by atomic mass is 35.5. The Bertz CT molecular complexity index is 952. The van der Waals surface area contributed by atoms with E-state index in [-0.39, 0.29) is 18.4 Å². The molecule has 0 fully saturated rings. The Morgan fingerprint density at radius 2 is 2.04 bits per heavy atom. The van der Waals surface area contributed by atoms with Crippen molar-refractivity contribution >= 4 is 29.1 Å². The Morgan fingerprint density at radius 1 is 1.25 bits per heavy atom. The van der Waals surface area contributed by atoms with Crippen LogP contribution in [0.15, 0.2) is 36.4 Å². The number of nitrogens with one attached hydrogen (secondary N) is 1. The predicted octanol–water partition coefficient (Wildman–Crippen LogP) is 3.19. The Kier molecular flexibility index (Phi) is 6.07. The molecule has 0 atom stereocenters. The second kappa shape index (κ2) is 8.68. The van der Waals surface area contributed by atoms with Crippen LogP contribution in [0.4, 0.5) is 5.69 Å². The first-order valence-corrected chi connectivity index (χ1v) is 9.07. The minimum absolute atomic E-state index is 0.134. The first-order valence-electron chi connectivity index (χ1n) is 8.69. The number of likely N-dealkylation sites (N-methyl/N-ethyl adjacent to an activating group) is 1. The Labute approximate surface area is 168 Å². The summed E-state index contributed by atoms with van der Waals surface area (Å²) in [7, 11) is 1.54. The molecule has 7 heteroatoms. The molecule has 0 aliphatic carbocycles. The molecule has 0 unspecified atom stereocenters. The number of hydrogen-bond acceptors (Lipinski definition) is 4. The molecular weight excluding hydrogens is 380 g/mol. The number of carbonyl (C=O) groups is 2. The van der Waals surface area contributed by atoms with E-state index in [0.717, 1.165) is 6.42 Å². The zero-order chi connectivity index (χ0) is 20.1. The normalized spacial score (nSPS) is 12.5. The quantitative estimate of drug-likeness (QED) is 0.803. The number of fused-ring (bicyclic) bond motifs is 1. The van der Waals surface area contributed by atoms with Crippen molar-refractivity contribution < 1.29 is 19.1 Å². The minimum Gasteiger partial charge on any atom is -0.489 e. The molecule has 0 saturated carbocycles. The number of carbonyl (C=O) groups excluding carboxylic acids is 2. The number of hydrogen-bond donors (Lipinski definition) is 1. The third-order valence-corrected chi connectivity index (χ3v) is 4.37. The van der Waals surface area contributed by atoms with E-state index in [1.807, 2.05) is 0 Å². The van der Waals surface area contributed by atoms with Gasteiger partial charge in [-0.3, -0.25) is 9.59 Å². The van der Waals surface area contributed by atoms with Crippen LogP contribution in [-0.2, 0) is 4.79 Å². The van der Waals surface area contributed by atoms with E-state index in [1.165, 1.54) is 18.0 Å². The van der Waals surface area contributed by atoms with Crippen molar-refractivity contribution in [1.82, 2.24) is 4.90 Å². The van der Waals surface area contributed by atoms with Gasteiger partial charge in [0.1, 0.15) is 0 Å². The molecule has 1 aliphatic rings. The zero-order valence-electron chi connectivity index (χ0n) is 15.3. The van der Waals surface area contributed by atoms with E-state index in [1.54, 1.807) is 30.3 Å². The average Bonchev–Trinajstić information content (AvgIpc) is 2.93. The number of nitrogens with zero attached hydrogens (tertiary/aromatic N) is 1. The van der Waals surface area contributed by atoms with Crippen LogP contribution < -0.4 is 14.8 Å². The molecule has 2 amide bonds. The molecule has 2 aromatic rings. The van der Waals surface area contributed by atoms with Crippen molar-refractivity contribution in [2.75, 3.05) is 32.1 Å². The lowest BCUT2D eigenvalue weighted by Gasteiger charge is -2.18. The van der Waals surface area contributed by atoms with Gasteiger partial charge in [0.15, 0.2) is 11.5 Å². The lowest BCUT2D eigenvalue weighted by Crippen LogP contribution is -2.35. The maximum absolute atomic E-state index is 12.7. The van der Waals surface area contributed by atoms with Crippen molar-refractivity contribution in [3.05, 3.63) is 52.5 Å². The van der Waals surface area contributed by atoms with Crippen molar-refractivity contribution in [3.63, 3.8) is 0 Å². The lowest BCUT2D eigenvalue weighted by atomic mass is 10.1. The molecule has 1 N–H and O–H groups in total. The molecule has 0 spiro atoms. The van der Waals surface area contributed by atoms with Crippen molar-refractivity contribution in [2.45, 2.75) is 6.42 Å². The van der Waals surface area contributed by atoms with Crippen molar-refractivity contribution in [1.29, 1.82) is 0 Å². The highest BCUT2D eigenvalue weighted by molar-refractivity contribution is 6.32. The summed E-state index contributed by atoms with van der Waals surface area (Å²) >= 11 is 6.24. The molecule has 2 aromatic carbocycles. The topological polar surface area (TPSA) is 67.9 Å². The van der Waals surface area contributed by atoms with Crippen LogP contribution in [0.25, 0.3) is 0 Å². The number of anilines is 1. The lowest BCUT2D eigenvalue weighted by molar-refractivity contribution is -0.116. The van der Waals surface area contributed by atoms with E-state index in [2.05, 4.69) is 11.2 Å². The second-order valence-corrected chi connectivity index (χ2v) is 6.68. The fourth-order valence-corrected chi connectivity index (χ4v) is 3.01. The summed E-state index contributed by atoms with van der Waals surface area (Å²) in [6.07, 6.45) is 6.09. The van der Waals surface area contributed by atoms with E-state index in [0.29, 0.717) is 46.5 Å². The van der Waals surface area contributed by atoms with Crippen molar-refractivity contribution in [3.8, 4) is 23.8 Å². The molecule has 1 aliphatic heterocycles. The largest absolute Gasteiger partial charge is 0.489 e. The molecule has 144 valence electrons. The number of halogens is 1. The third kappa shape index (κ3) is 4.56. The van der Waals surface area contributed by atoms with Crippen LogP contribution in [0.5, 0.6) is 11.5 Å². The highest BCUT2D eigenvalue weighted by Gasteiger charge is 2.21. The van der Waals surface area contributed by atoms with Gasteiger partial charge in [0, 0.05) is 30.3 Å². The van der Waals surface area contributed by atoms with E-state index in [9.17, 15) is 9.59 Å². The first-order chi connectivity index (χ1) is 13.5. The van der Waals surface area contributed by atoms with Gasteiger partial charge in [0.05, 0.1) is 24.8 Å². The maximum atomic E-state index is 12.7. The summed E-state index contributed by atoms with van der Waals surface area (Å²) in [6, 6.07) is 10.0. The van der Waals surface area contributed by atoms with Crippen LogP contribution in [0.3, 0.4) is 0 Å². The molecule has 0 saturated heterocycles. The summed E-state index contributed by atoms with van der Waals surface area (Å²) in [5.74, 6) is 2.67. The number of benzene rings is 2. The molecule has 6 nitrogen and oxygen atoms in total. The number of ether oxygens (including phenoxy) is 2. The van der Waals surface area contributed by atoms with Crippen LogP contribution in [-0.4, -0.2) is 43.5 Å². The van der Waals surface area contributed by atoms with Gasteiger partial charge in [-0.15, -0.1) is 6.42 Å². The summed E-state index contributed by atoms with van der Waals surface area (Å²) in [5, 5.41) is 3.02. The van der Waals surface area contributed by atoms with Gasteiger partial charge >= 0.3 is 0 Å². The highest BCUT2D eigenvalue weighted by Crippen LogP contribution is 2.38. The Balaban J connectivity index is 1.69. The van der Waals surface area contributed by atoms with Gasteiger partial charge in [-0.1, -0.05) is 23.6 Å². The number of amides is 2. The Hall–Kier alpha value is -3.17. The molecule has 0 bridgehead atoms. The number of terminal acetylenes is 1. The van der Waals surface area contributed by atoms with E-state index >= 15 is 0 Å². The molecule has 0 aromatic heterocycles. The predicted molar refractivity (Wildman–Crippen MR) is 107 cm³/mol. The maximum Gasteiger partial charge on any atom is 0.254 e. The van der Waals surface area contributed by atoms with Gasteiger partial charge < -0.3 is 19.7 Å². The molecule has 0 radical (unpaired) electrons. The van der Waals surface area contributed by atoms with Crippen LogP contribution in [0.1, 0.15) is 22.3 Å². The smallest absolute Gasteiger partial charge is 0.254 e. The fraction of sp³-hybridized carbons (Fsp3) is 0.238. The zero-order valence-corrected chi connectivity index (χ0v) is 16.1. The monoisotopic (exact) mass is 398 g/mol. The van der Waals surface area contributed by atoms with Crippen LogP contribution in [0, 0.1) is 12.3 Å². The van der Waals surface area contributed by atoms with E-state index < -0.39 is 0 Å². The molecule has 3 rings (SSSR count). The summed E-state index contributed by atoms with van der Waals surface area (Å²) in [5.41, 5.74) is 1.54. The summed E-state index contributed by atoms with van der Waals surface area (Å²) in [4.78, 5) is 26.3. The average molecular weight is 399 g/mol. The number of rotatable bonds is 4. The van der Waals surface area contributed by atoms with Gasteiger partial charge in [-0.25, -0.2) is 0 Å². The first kappa shape index (κ1) is 19.6. The van der Waals surface area contributed by atoms with E-state index in [4.69, 9.17) is 27.5 Å². The van der Waals surface area contributed by atoms with Gasteiger partial charge in [0.25, 0.3) is 5.91 Å². The van der Waals surface area contributed by atoms with Gasteiger partial charge in [-0.05, 0) is 30.3 Å². The van der Waals surface area contributed by atoms with Crippen molar-refractivity contribution in [2.24, 2.45) is 0 Å². The second-order valence-electron chi connectivity index (χ2n) is 6.27. The summed E-state index contributed by atoms with van der Waals surface area (Å²) in [6.45, 7) is 0.849. The molecule has 1 heterocycles. The SMILES string of the molecule is C#Cc1cccc(NC(=O)CN(C)C(=O)c2cc(Cl)c3c(c2)OCCCO3)c1.